The molecule has 0 aromatic heterocycles. The molecule has 1 unspecified atom stereocenters. The van der Waals surface area contributed by atoms with Crippen LogP contribution < -0.4 is 9.78 Å². The second kappa shape index (κ2) is 4.69. The van der Waals surface area contributed by atoms with Gasteiger partial charge >= 0.3 is 98.7 Å². The zero-order valence-electron chi connectivity index (χ0n) is 9.57. The van der Waals surface area contributed by atoms with Crippen molar-refractivity contribution >= 4 is 19.4 Å². The van der Waals surface area contributed by atoms with Crippen LogP contribution in [-0.2, 0) is 0 Å². The van der Waals surface area contributed by atoms with E-state index in [1.54, 1.807) is 4.46 Å². The molecule has 1 fully saturated rings. The van der Waals surface area contributed by atoms with E-state index in [1.165, 1.54) is 18.3 Å². The quantitative estimate of drug-likeness (QED) is 0.782. The summed E-state index contributed by atoms with van der Waals surface area (Å²) in [4.78, 5) is 0. The van der Waals surface area contributed by atoms with Crippen molar-refractivity contribution in [2.24, 2.45) is 5.41 Å². The number of rotatable bonds is 3. The standard InChI is InChI=1S/C13H19NSe/c1-13(2)8-11(14-10-13)9-15-12-6-4-3-5-7-12/h3-7,11,14H,8-10H2,1-2H3/p+1. The average Bonchev–Trinajstić information content (AvgIpc) is 2.57. The number of hydrogen-bond donors (Lipinski definition) is 1. The van der Waals surface area contributed by atoms with Gasteiger partial charge in [-0.15, -0.1) is 0 Å². The van der Waals surface area contributed by atoms with Crippen molar-refractivity contribution in [2.75, 3.05) is 6.54 Å². The molecule has 0 radical (unpaired) electrons. The van der Waals surface area contributed by atoms with Crippen molar-refractivity contribution in [3.05, 3.63) is 30.3 Å². The van der Waals surface area contributed by atoms with Crippen molar-refractivity contribution in [2.45, 2.75) is 31.6 Å². The Morgan fingerprint density at radius 2 is 2.07 bits per heavy atom. The molecular formula is C13H20NSe+. The predicted molar refractivity (Wildman–Crippen MR) is 65.6 cm³/mol. The van der Waals surface area contributed by atoms with Crippen LogP contribution in [0.25, 0.3) is 0 Å². The van der Waals surface area contributed by atoms with Gasteiger partial charge in [0.2, 0.25) is 0 Å². The van der Waals surface area contributed by atoms with E-state index in [4.69, 9.17) is 0 Å². The van der Waals surface area contributed by atoms with Crippen LogP contribution >= 0.6 is 0 Å². The minimum atomic E-state index is 0.567. The van der Waals surface area contributed by atoms with Crippen LogP contribution in [0.2, 0.25) is 5.32 Å². The fourth-order valence-electron chi connectivity index (χ4n) is 2.21. The van der Waals surface area contributed by atoms with E-state index in [0.29, 0.717) is 20.4 Å². The molecule has 0 bridgehead atoms. The van der Waals surface area contributed by atoms with Crippen LogP contribution in [0.15, 0.2) is 30.3 Å². The molecule has 1 aromatic carbocycles. The topological polar surface area (TPSA) is 16.6 Å². The van der Waals surface area contributed by atoms with E-state index in [2.05, 4.69) is 49.5 Å². The Morgan fingerprint density at radius 1 is 1.33 bits per heavy atom. The molecule has 0 amide bonds. The summed E-state index contributed by atoms with van der Waals surface area (Å²) in [5.41, 5.74) is 0.567. The Hall–Kier alpha value is -0.301. The molecular weight excluding hydrogens is 249 g/mol. The van der Waals surface area contributed by atoms with Gasteiger partial charge in [0.15, 0.2) is 0 Å². The zero-order chi connectivity index (χ0) is 10.7. The van der Waals surface area contributed by atoms with Gasteiger partial charge in [0.05, 0.1) is 0 Å². The molecule has 1 aromatic rings. The molecule has 1 aliphatic heterocycles. The van der Waals surface area contributed by atoms with Crippen LogP contribution in [0.1, 0.15) is 20.3 Å². The molecule has 2 N–H and O–H groups in total. The van der Waals surface area contributed by atoms with Crippen molar-refractivity contribution in [1.82, 2.24) is 0 Å². The van der Waals surface area contributed by atoms with Gasteiger partial charge in [0.25, 0.3) is 0 Å². The van der Waals surface area contributed by atoms with Gasteiger partial charge in [-0.05, 0) is 0 Å². The van der Waals surface area contributed by atoms with Gasteiger partial charge in [-0.1, -0.05) is 0 Å². The molecule has 82 valence electrons. The minimum absolute atomic E-state index is 0.567. The first-order chi connectivity index (χ1) is 7.16. The predicted octanol–water partition coefficient (Wildman–Crippen LogP) is 0.796. The van der Waals surface area contributed by atoms with Gasteiger partial charge < -0.3 is 0 Å². The number of quaternary nitrogens is 1. The average molecular weight is 269 g/mol. The Bertz CT molecular complexity index is 308. The second-order valence-electron chi connectivity index (χ2n) is 5.19. The van der Waals surface area contributed by atoms with E-state index < -0.39 is 0 Å². The monoisotopic (exact) mass is 270 g/mol. The van der Waals surface area contributed by atoms with Gasteiger partial charge in [-0.25, -0.2) is 0 Å². The molecule has 1 heterocycles. The van der Waals surface area contributed by atoms with Crippen LogP contribution in [0.3, 0.4) is 0 Å². The summed E-state index contributed by atoms with van der Waals surface area (Å²) in [6.45, 7) is 6.08. The van der Waals surface area contributed by atoms with Crippen molar-refractivity contribution in [1.29, 1.82) is 0 Å². The van der Waals surface area contributed by atoms with Crippen LogP contribution in [0.5, 0.6) is 0 Å². The number of hydrogen-bond acceptors (Lipinski definition) is 0. The Balaban J connectivity index is 1.80. The summed E-state index contributed by atoms with van der Waals surface area (Å²) in [5.74, 6) is 0. The molecule has 1 aliphatic rings. The fraction of sp³-hybridized carbons (Fsp3) is 0.538. The first kappa shape index (κ1) is 11.2. The second-order valence-corrected chi connectivity index (χ2v) is 7.49. The van der Waals surface area contributed by atoms with Gasteiger partial charge in [-0.2, -0.15) is 0 Å². The van der Waals surface area contributed by atoms with Crippen molar-refractivity contribution < 1.29 is 5.32 Å². The summed E-state index contributed by atoms with van der Waals surface area (Å²) in [6.07, 6.45) is 1.39. The van der Waals surface area contributed by atoms with Gasteiger partial charge in [0.1, 0.15) is 0 Å². The summed E-state index contributed by atoms with van der Waals surface area (Å²) in [7, 11) is 0. The number of nitrogens with two attached hydrogens (primary N) is 1. The molecule has 1 atom stereocenters. The molecule has 0 spiro atoms. The van der Waals surface area contributed by atoms with Gasteiger partial charge in [0, 0.05) is 0 Å². The van der Waals surface area contributed by atoms with E-state index in [-0.39, 0.29) is 0 Å². The summed E-state index contributed by atoms with van der Waals surface area (Å²) in [6, 6.07) is 11.8. The Kier molecular flexibility index (Phi) is 3.50. The van der Waals surface area contributed by atoms with E-state index >= 15 is 0 Å². The Morgan fingerprint density at radius 3 is 2.67 bits per heavy atom. The fourth-order valence-corrected chi connectivity index (χ4v) is 4.33. The van der Waals surface area contributed by atoms with Gasteiger partial charge in [-0.3, -0.25) is 0 Å². The molecule has 1 saturated heterocycles. The van der Waals surface area contributed by atoms with E-state index in [0.717, 1.165) is 6.04 Å². The van der Waals surface area contributed by atoms with Crippen LogP contribution in [-0.4, -0.2) is 27.5 Å². The first-order valence-corrected chi connectivity index (χ1v) is 7.74. The first-order valence-electron chi connectivity index (χ1n) is 5.67. The molecule has 15 heavy (non-hydrogen) atoms. The molecule has 2 rings (SSSR count). The van der Waals surface area contributed by atoms with E-state index in [1.807, 2.05) is 0 Å². The van der Waals surface area contributed by atoms with Crippen LogP contribution in [0.4, 0.5) is 0 Å². The summed E-state index contributed by atoms with van der Waals surface area (Å²) < 4.78 is 1.54. The molecule has 1 nitrogen and oxygen atoms in total. The van der Waals surface area contributed by atoms with Crippen LogP contribution in [0, 0.1) is 5.41 Å². The molecule has 2 heteroatoms. The summed E-state index contributed by atoms with van der Waals surface area (Å²) in [5, 5.41) is 3.94. The molecule has 0 saturated carbocycles. The maximum absolute atomic E-state index is 2.55. The Labute approximate surface area is 98.8 Å². The normalized spacial score (nSPS) is 24.3. The third-order valence-electron chi connectivity index (χ3n) is 3.03. The SMILES string of the molecule is CC1(C)C[NH2+]C(C[Se]c2ccccc2)C1. The third-order valence-corrected chi connectivity index (χ3v) is 5.54. The molecule has 0 aliphatic carbocycles. The van der Waals surface area contributed by atoms with E-state index in [9.17, 15) is 0 Å². The zero-order valence-corrected chi connectivity index (χ0v) is 11.3. The maximum atomic E-state index is 2.55. The van der Waals surface area contributed by atoms with Crippen molar-refractivity contribution in [3.8, 4) is 0 Å². The summed E-state index contributed by atoms with van der Waals surface area (Å²) >= 11 is 0.669. The third kappa shape index (κ3) is 3.34. The number of benzene rings is 1. The van der Waals surface area contributed by atoms with Crippen molar-refractivity contribution in [3.63, 3.8) is 0 Å².